The molecule has 1 aliphatic heterocycles. The van der Waals surface area contributed by atoms with Crippen LogP contribution in [0.25, 0.3) is 11.0 Å². The van der Waals surface area contributed by atoms with Crippen molar-refractivity contribution in [1.82, 2.24) is 9.55 Å². The van der Waals surface area contributed by atoms with Crippen LogP contribution in [0.15, 0.2) is 66.7 Å². The Balaban J connectivity index is 1.39. The Morgan fingerprint density at radius 1 is 1.06 bits per heavy atom. The molecule has 5 nitrogen and oxygen atoms in total. The number of benzene rings is 3. The second-order valence-electron chi connectivity index (χ2n) is 8.61. The lowest BCUT2D eigenvalue weighted by Crippen LogP contribution is -2.24. The molecule has 1 aromatic heterocycles. The fourth-order valence-corrected chi connectivity index (χ4v) is 4.57. The van der Waals surface area contributed by atoms with Gasteiger partial charge in [-0.15, -0.1) is 0 Å². The van der Waals surface area contributed by atoms with Crippen LogP contribution < -0.4 is 9.64 Å². The highest BCUT2D eigenvalue weighted by Crippen LogP contribution is 2.33. The zero-order chi connectivity index (χ0) is 22.9. The van der Waals surface area contributed by atoms with E-state index in [4.69, 9.17) is 21.3 Å². The topological polar surface area (TPSA) is 47.4 Å². The molecule has 6 heteroatoms. The van der Waals surface area contributed by atoms with E-state index in [-0.39, 0.29) is 11.8 Å². The summed E-state index contributed by atoms with van der Waals surface area (Å²) in [4.78, 5) is 19.7. The summed E-state index contributed by atoms with van der Waals surface area (Å²) in [6.45, 7) is 5.79. The summed E-state index contributed by atoms with van der Waals surface area (Å²) in [7, 11) is 0. The van der Waals surface area contributed by atoms with Gasteiger partial charge >= 0.3 is 0 Å². The number of carbonyl (C=O) groups excluding carboxylic acids is 1. The summed E-state index contributed by atoms with van der Waals surface area (Å²) in [5.74, 6) is 1.90. The summed E-state index contributed by atoms with van der Waals surface area (Å²) in [6.07, 6.45) is 0.453. The van der Waals surface area contributed by atoms with Crippen molar-refractivity contribution in [1.29, 1.82) is 0 Å². The minimum absolute atomic E-state index is 0.0315. The number of anilines is 1. The highest BCUT2D eigenvalue weighted by Gasteiger charge is 2.34. The summed E-state index contributed by atoms with van der Waals surface area (Å²) < 4.78 is 8.22. The van der Waals surface area contributed by atoms with Gasteiger partial charge in [-0.3, -0.25) is 4.79 Å². The molecular weight excluding hydrogens is 434 g/mol. The Morgan fingerprint density at radius 3 is 2.64 bits per heavy atom. The predicted molar refractivity (Wildman–Crippen MR) is 132 cm³/mol. The number of rotatable bonds is 6. The number of halogens is 1. The summed E-state index contributed by atoms with van der Waals surface area (Å²) in [6, 6.07) is 21.9. The van der Waals surface area contributed by atoms with Crippen LogP contribution in [-0.4, -0.2) is 28.6 Å². The number of carbonyl (C=O) groups is 1. The number of aryl methyl sites for hydroxylation is 2. The molecule has 0 radical (unpaired) electrons. The van der Waals surface area contributed by atoms with Gasteiger partial charge in [-0.1, -0.05) is 41.4 Å². The Bertz CT molecular complexity index is 1310. The quantitative estimate of drug-likeness (QED) is 0.360. The average Bonchev–Trinajstić information content (AvgIpc) is 3.37. The zero-order valence-corrected chi connectivity index (χ0v) is 19.5. The molecule has 1 aliphatic rings. The lowest BCUT2D eigenvalue weighted by molar-refractivity contribution is -0.117. The number of fused-ring (bicyclic) bond motifs is 1. The Labute approximate surface area is 198 Å². The lowest BCUT2D eigenvalue weighted by Gasteiger charge is -2.18. The molecule has 0 spiro atoms. The zero-order valence-electron chi connectivity index (χ0n) is 18.8. The number of aromatic nitrogens is 2. The maximum atomic E-state index is 12.9. The normalized spacial score (nSPS) is 16.0. The Morgan fingerprint density at radius 2 is 1.85 bits per heavy atom. The van der Waals surface area contributed by atoms with Crippen LogP contribution in [-0.2, 0) is 11.3 Å². The van der Waals surface area contributed by atoms with E-state index in [9.17, 15) is 4.79 Å². The van der Waals surface area contributed by atoms with E-state index >= 15 is 0 Å². The van der Waals surface area contributed by atoms with Crippen LogP contribution in [0.4, 0.5) is 5.69 Å². The predicted octanol–water partition coefficient (Wildman–Crippen LogP) is 5.91. The molecule has 0 N–H and O–H groups in total. The van der Waals surface area contributed by atoms with Crippen molar-refractivity contribution < 1.29 is 9.53 Å². The third kappa shape index (κ3) is 4.33. The Kier molecular flexibility index (Phi) is 5.81. The van der Waals surface area contributed by atoms with Gasteiger partial charge in [-0.25, -0.2) is 4.98 Å². The molecule has 33 heavy (non-hydrogen) atoms. The number of amides is 1. The standard InChI is InChI=1S/C27H26ClN3O2/c1-18-7-9-21(10-8-18)31-17-20(16-26(31)32)27-29-24-5-3-4-6-25(24)30(27)13-14-33-22-11-12-23(28)19(2)15-22/h3-12,15,20H,13-14,16-17H2,1-2H3/t20-/m0/s1. The molecule has 1 fully saturated rings. The first-order chi connectivity index (χ1) is 16.0. The largest absolute Gasteiger partial charge is 0.492 e. The second-order valence-corrected chi connectivity index (χ2v) is 9.02. The number of para-hydroxylation sites is 2. The van der Waals surface area contributed by atoms with Crippen molar-refractivity contribution in [3.8, 4) is 5.75 Å². The minimum atomic E-state index is 0.0315. The van der Waals surface area contributed by atoms with E-state index in [1.165, 1.54) is 5.56 Å². The molecule has 0 aliphatic carbocycles. The van der Waals surface area contributed by atoms with Crippen LogP contribution in [0.1, 0.15) is 29.3 Å². The number of hydrogen-bond acceptors (Lipinski definition) is 3. The first kappa shape index (κ1) is 21.5. The van der Waals surface area contributed by atoms with Gasteiger partial charge in [0.15, 0.2) is 0 Å². The fraction of sp³-hybridized carbons (Fsp3) is 0.259. The van der Waals surface area contributed by atoms with Crippen molar-refractivity contribution in [2.24, 2.45) is 0 Å². The van der Waals surface area contributed by atoms with E-state index in [1.807, 2.05) is 79.4 Å². The first-order valence-corrected chi connectivity index (χ1v) is 11.6. The van der Waals surface area contributed by atoms with E-state index in [0.717, 1.165) is 38.9 Å². The minimum Gasteiger partial charge on any atom is -0.492 e. The van der Waals surface area contributed by atoms with Gasteiger partial charge in [0.1, 0.15) is 18.2 Å². The van der Waals surface area contributed by atoms with Gasteiger partial charge in [-0.2, -0.15) is 0 Å². The van der Waals surface area contributed by atoms with Gasteiger partial charge in [0, 0.05) is 29.6 Å². The van der Waals surface area contributed by atoms with Crippen LogP contribution >= 0.6 is 11.6 Å². The highest BCUT2D eigenvalue weighted by molar-refractivity contribution is 6.31. The first-order valence-electron chi connectivity index (χ1n) is 11.2. The maximum absolute atomic E-state index is 12.9. The van der Waals surface area contributed by atoms with Gasteiger partial charge in [0.05, 0.1) is 17.6 Å². The van der Waals surface area contributed by atoms with Crippen molar-refractivity contribution in [3.05, 3.63) is 88.7 Å². The molecular formula is C27H26ClN3O2. The molecule has 1 atom stereocenters. The van der Waals surface area contributed by atoms with Gasteiger partial charge in [0.2, 0.25) is 5.91 Å². The molecule has 2 heterocycles. The SMILES string of the molecule is Cc1ccc(N2C[C@@H](c3nc4ccccc4n3CCOc3ccc(Cl)c(C)c3)CC2=O)cc1. The number of ether oxygens (including phenoxy) is 1. The van der Waals surface area contributed by atoms with E-state index in [0.29, 0.717) is 26.1 Å². The van der Waals surface area contributed by atoms with Crippen LogP contribution in [0.5, 0.6) is 5.75 Å². The summed E-state index contributed by atoms with van der Waals surface area (Å²) >= 11 is 6.13. The van der Waals surface area contributed by atoms with Crippen molar-refractivity contribution in [3.63, 3.8) is 0 Å². The average molecular weight is 460 g/mol. The Hall–Kier alpha value is -3.31. The molecule has 1 amide bonds. The summed E-state index contributed by atoms with van der Waals surface area (Å²) in [5, 5.41) is 0.731. The molecule has 5 rings (SSSR count). The molecule has 0 bridgehead atoms. The van der Waals surface area contributed by atoms with Gasteiger partial charge in [0.25, 0.3) is 0 Å². The van der Waals surface area contributed by atoms with E-state index < -0.39 is 0 Å². The monoisotopic (exact) mass is 459 g/mol. The number of nitrogens with zero attached hydrogens (tertiary/aromatic N) is 3. The molecule has 3 aromatic carbocycles. The van der Waals surface area contributed by atoms with Crippen molar-refractivity contribution in [2.75, 3.05) is 18.1 Å². The van der Waals surface area contributed by atoms with E-state index in [1.54, 1.807) is 0 Å². The molecule has 168 valence electrons. The van der Waals surface area contributed by atoms with Gasteiger partial charge < -0.3 is 14.2 Å². The van der Waals surface area contributed by atoms with Crippen LogP contribution in [0.2, 0.25) is 5.02 Å². The van der Waals surface area contributed by atoms with E-state index in [2.05, 4.69) is 10.6 Å². The van der Waals surface area contributed by atoms with Crippen LogP contribution in [0.3, 0.4) is 0 Å². The maximum Gasteiger partial charge on any atom is 0.227 e. The van der Waals surface area contributed by atoms with Crippen LogP contribution in [0, 0.1) is 13.8 Å². The fourth-order valence-electron chi connectivity index (χ4n) is 4.46. The third-order valence-electron chi connectivity index (χ3n) is 6.23. The lowest BCUT2D eigenvalue weighted by atomic mass is 10.1. The third-order valence-corrected chi connectivity index (χ3v) is 6.66. The van der Waals surface area contributed by atoms with Gasteiger partial charge in [-0.05, 0) is 61.9 Å². The summed E-state index contributed by atoms with van der Waals surface area (Å²) in [5.41, 5.74) is 5.11. The second kappa shape index (κ2) is 8.91. The van der Waals surface area contributed by atoms with Crippen molar-refractivity contribution in [2.45, 2.75) is 32.7 Å². The highest BCUT2D eigenvalue weighted by atomic mass is 35.5. The van der Waals surface area contributed by atoms with Crippen molar-refractivity contribution >= 4 is 34.2 Å². The number of imidazole rings is 1. The smallest absolute Gasteiger partial charge is 0.227 e. The molecule has 1 saturated heterocycles. The molecule has 0 saturated carbocycles. The molecule has 4 aromatic rings. The molecule has 0 unspecified atom stereocenters. The number of hydrogen-bond donors (Lipinski definition) is 0.